The number of carbonyl (C=O) groups excluding carboxylic acids is 2. The van der Waals surface area contributed by atoms with Gasteiger partial charge in [-0.1, -0.05) is 35.2 Å². The van der Waals surface area contributed by atoms with E-state index in [1.165, 1.54) is 7.11 Å². The van der Waals surface area contributed by atoms with Crippen molar-refractivity contribution in [2.75, 3.05) is 13.7 Å². The summed E-state index contributed by atoms with van der Waals surface area (Å²) in [4.78, 5) is 26.7. The van der Waals surface area contributed by atoms with Crippen molar-refractivity contribution in [1.29, 1.82) is 0 Å². The second kappa shape index (κ2) is 9.96. The Morgan fingerprint density at radius 1 is 1.27 bits per heavy atom. The molecule has 2 aromatic rings. The molecule has 3 rings (SSSR count). The lowest BCUT2D eigenvalue weighted by molar-refractivity contribution is -0.123. The summed E-state index contributed by atoms with van der Waals surface area (Å²) in [6.45, 7) is 0.107. The molecule has 0 atom stereocenters. The number of nitrogens with zero attached hydrogens (tertiary/aromatic N) is 1. The quantitative estimate of drug-likeness (QED) is 0.246. The van der Waals surface area contributed by atoms with Crippen LogP contribution in [0, 0.1) is 15.9 Å². The van der Waals surface area contributed by atoms with Crippen molar-refractivity contribution in [3.8, 4) is 23.8 Å². The van der Waals surface area contributed by atoms with Crippen LogP contribution in [0.3, 0.4) is 0 Å². The standard InChI is InChI=1S/C21H14Cl2INO4S/c1-3-7-29-19-16(24)8-12(9-17(19)28-2)10-18-20(26)25(21(27)30-18)11-13-14(22)5-4-6-15(13)23/h1,4-6,8-10H,7,11H2,2H3/b18-10-. The van der Waals surface area contributed by atoms with Crippen LogP contribution in [-0.2, 0) is 11.3 Å². The molecule has 5 nitrogen and oxygen atoms in total. The predicted octanol–water partition coefficient (Wildman–Crippen LogP) is 5.86. The zero-order valence-electron chi connectivity index (χ0n) is 15.6. The Bertz CT molecular complexity index is 1080. The highest BCUT2D eigenvalue weighted by molar-refractivity contribution is 14.1. The van der Waals surface area contributed by atoms with Gasteiger partial charge in [-0.05, 0) is 70.3 Å². The summed E-state index contributed by atoms with van der Waals surface area (Å²) in [5, 5.41) is 0.401. The van der Waals surface area contributed by atoms with Crippen LogP contribution in [0.15, 0.2) is 35.2 Å². The topological polar surface area (TPSA) is 55.8 Å². The molecule has 0 unspecified atom stereocenters. The first kappa shape index (κ1) is 22.8. The van der Waals surface area contributed by atoms with Gasteiger partial charge in [0.05, 0.1) is 22.1 Å². The fourth-order valence-corrected chi connectivity index (χ4v) is 4.84. The second-order valence-electron chi connectivity index (χ2n) is 5.99. The summed E-state index contributed by atoms with van der Waals surface area (Å²) in [5.41, 5.74) is 1.21. The number of hydrogen-bond acceptors (Lipinski definition) is 5. The van der Waals surface area contributed by atoms with Gasteiger partial charge in [-0.2, -0.15) is 0 Å². The molecule has 154 valence electrons. The number of carbonyl (C=O) groups is 2. The van der Waals surface area contributed by atoms with Gasteiger partial charge in [0.1, 0.15) is 6.61 Å². The minimum Gasteiger partial charge on any atom is -0.493 e. The van der Waals surface area contributed by atoms with Crippen molar-refractivity contribution in [3.63, 3.8) is 0 Å². The Morgan fingerprint density at radius 2 is 1.97 bits per heavy atom. The van der Waals surface area contributed by atoms with Gasteiger partial charge in [-0.15, -0.1) is 6.42 Å². The lowest BCUT2D eigenvalue weighted by Crippen LogP contribution is -2.27. The first-order valence-corrected chi connectivity index (χ1v) is 11.1. The highest BCUT2D eigenvalue weighted by Crippen LogP contribution is 2.38. The fraction of sp³-hybridized carbons (Fsp3) is 0.143. The van der Waals surface area contributed by atoms with E-state index in [1.54, 1.807) is 30.3 Å². The maximum atomic E-state index is 12.8. The predicted molar refractivity (Wildman–Crippen MR) is 128 cm³/mol. The molecule has 2 aromatic carbocycles. The molecule has 1 fully saturated rings. The van der Waals surface area contributed by atoms with Crippen LogP contribution in [0.5, 0.6) is 11.5 Å². The van der Waals surface area contributed by atoms with E-state index in [9.17, 15) is 9.59 Å². The van der Waals surface area contributed by atoms with Gasteiger partial charge in [0.25, 0.3) is 11.1 Å². The Kier molecular flexibility index (Phi) is 7.58. The number of amides is 2. The number of thioether (sulfide) groups is 1. The van der Waals surface area contributed by atoms with Crippen molar-refractivity contribution in [2.45, 2.75) is 6.54 Å². The summed E-state index contributed by atoms with van der Waals surface area (Å²) >= 11 is 15.3. The molecule has 0 bridgehead atoms. The highest BCUT2D eigenvalue weighted by Gasteiger charge is 2.35. The van der Waals surface area contributed by atoms with Crippen molar-refractivity contribution in [1.82, 2.24) is 4.90 Å². The van der Waals surface area contributed by atoms with Gasteiger partial charge in [0.2, 0.25) is 0 Å². The van der Waals surface area contributed by atoms with E-state index in [4.69, 9.17) is 39.1 Å². The Morgan fingerprint density at radius 3 is 2.60 bits per heavy atom. The lowest BCUT2D eigenvalue weighted by Gasteiger charge is -2.14. The third kappa shape index (κ3) is 4.89. The largest absolute Gasteiger partial charge is 0.493 e. The zero-order chi connectivity index (χ0) is 21.8. The molecule has 0 radical (unpaired) electrons. The molecule has 9 heteroatoms. The smallest absolute Gasteiger partial charge is 0.293 e. The van der Waals surface area contributed by atoms with Crippen LogP contribution in [-0.4, -0.2) is 29.8 Å². The number of benzene rings is 2. The second-order valence-corrected chi connectivity index (χ2v) is 8.96. The van der Waals surface area contributed by atoms with E-state index in [2.05, 4.69) is 28.5 Å². The summed E-state index contributed by atoms with van der Waals surface area (Å²) in [6.07, 6.45) is 6.88. The van der Waals surface area contributed by atoms with Crippen molar-refractivity contribution < 1.29 is 19.1 Å². The summed E-state index contributed by atoms with van der Waals surface area (Å²) in [5.74, 6) is 2.99. The molecule has 0 spiro atoms. The van der Waals surface area contributed by atoms with Crippen LogP contribution in [0.4, 0.5) is 4.79 Å². The van der Waals surface area contributed by atoms with E-state index in [1.807, 2.05) is 6.07 Å². The third-order valence-electron chi connectivity index (χ3n) is 4.10. The van der Waals surface area contributed by atoms with Gasteiger partial charge in [-0.3, -0.25) is 14.5 Å². The molecule has 0 saturated carbocycles. The van der Waals surface area contributed by atoms with E-state index in [0.717, 1.165) is 20.2 Å². The van der Waals surface area contributed by atoms with Gasteiger partial charge in [0.15, 0.2) is 11.5 Å². The van der Waals surface area contributed by atoms with Crippen molar-refractivity contribution in [3.05, 3.63) is 60.0 Å². The average Bonchev–Trinajstić information content (AvgIpc) is 2.96. The molecular formula is C21H14Cl2INO4S. The zero-order valence-corrected chi connectivity index (χ0v) is 20.1. The number of rotatable bonds is 6. The summed E-state index contributed by atoms with van der Waals surface area (Å²) < 4.78 is 11.7. The van der Waals surface area contributed by atoms with Crippen LogP contribution in [0.2, 0.25) is 10.0 Å². The van der Waals surface area contributed by atoms with E-state index >= 15 is 0 Å². The molecule has 1 saturated heterocycles. The number of imide groups is 1. The molecule has 0 aliphatic carbocycles. The lowest BCUT2D eigenvalue weighted by atomic mass is 10.1. The Labute approximate surface area is 201 Å². The molecule has 1 heterocycles. The van der Waals surface area contributed by atoms with E-state index in [0.29, 0.717) is 37.6 Å². The van der Waals surface area contributed by atoms with Gasteiger partial charge < -0.3 is 9.47 Å². The SMILES string of the molecule is C#CCOc1c(I)cc(/C=C2\SC(=O)N(Cc3c(Cl)cccc3Cl)C2=O)cc1OC. The molecule has 0 aromatic heterocycles. The first-order chi connectivity index (χ1) is 14.3. The van der Waals surface area contributed by atoms with Crippen LogP contribution in [0.1, 0.15) is 11.1 Å². The van der Waals surface area contributed by atoms with Crippen LogP contribution < -0.4 is 9.47 Å². The average molecular weight is 574 g/mol. The van der Waals surface area contributed by atoms with Gasteiger partial charge in [0, 0.05) is 15.6 Å². The fourth-order valence-electron chi connectivity index (χ4n) is 2.71. The summed E-state index contributed by atoms with van der Waals surface area (Å²) in [6, 6.07) is 8.56. The number of hydrogen-bond donors (Lipinski definition) is 0. The maximum absolute atomic E-state index is 12.8. The molecule has 1 aliphatic rings. The van der Waals surface area contributed by atoms with E-state index < -0.39 is 11.1 Å². The summed E-state index contributed by atoms with van der Waals surface area (Å²) in [7, 11) is 1.51. The number of methoxy groups -OCH3 is 1. The maximum Gasteiger partial charge on any atom is 0.293 e. The highest BCUT2D eigenvalue weighted by atomic mass is 127. The first-order valence-electron chi connectivity index (χ1n) is 8.47. The Hall–Kier alpha value is -1.86. The van der Waals surface area contributed by atoms with Gasteiger partial charge >= 0.3 is 0 Å². The monoisotopic (exact) mass is 573 g/mol. The van der Waals surface area contributed by atoms with Gasteiger partial charge in [-0.25, -0.2) is 0 Å². The minimum atomic E-state index is -0.414. The molecule has 0 N–H and O–H groups in total. The molecule has 2 amide bonds. The number of halogens is 3. The van der Waals surface area contributed by atoms with Crippen molar-refractivity contribution >= 4 is 74.8 Å². The number of ether oxygens (including phenoxy) is 2. The van der Waals surface area contributed by atoms with Crippen molar-refractivity contribution in [2.24, 2.45) is 0 Å². The van der Waals surface area contributed by atoms with Crippen LogP contribution in [0.25, 0.3) is 6.08 Å². The third-order valence-corrected chi connectivity index (χ3v) is 6.52. The normalized spacial score (nSPS) is 14.9. The minimum absolute atomic E-state index is 0.000234. The molecular weight excluding hydrogens is 560 g/mol. The van der Waals surface area contributed by atoms with E-state index in [-0.39, 0.29) is 13.2 Å². The molecule has 1 aliphatic heterocycles. The molecule has 30 heavy (non-hydrogen) atoms. The van der Waals surface area contributed by atoms with Crippen LogP contribution >= 0.6 is 57.6 Å². The Balaban J connectivity index is 1.88. The number of terminal acetylenes is 1.